The van der Waals surface area contributed by atoms with Gasteiger partial charge >= 0.3 is 6.18 Å². The molecule has 1 unspecified atom stereocenters. The fourth-order valence-corrected chi connectivity index (χ4v) is 2.85. The Bertz CT molecular complexity index is 979. The number of carbonyl (C=O) groups excluding carboxylic acids is 2. The van der Waals surface area contributed by atoms with Gasteiger partial charge in [-0.05, 0) is 35.7 Å². The predicted molar refractivity (Wildman–Crippen MR) is 107 cm³/mol. The molecule has 0 radical (unpaired) electrons. The highest BCUT2D eigenvalue weighted by Crippen LogP contribution is 2.29. The van der Waals surface area contributed by atoms with Gasteiger partial charge in [-0.3, -0.25) is 19.7 Å². The van der Waals surface area contributed by atoms with Crippen LogP contribution in [0.5, 0.6) is 0 Å². The van der Waals surface area contributed by atoms with E-state index in [1.54, 1.807) is 13.8 Å². The number of alkyl halides is 3. The highest BCUT2D eigenvalue weighted by atomic mass is 35.5. The van der Waals surface area contributed by atoms with Gasteiger partial charge in [0.15, 0.2) is 0 Å². The number of rotatable bonds is 7. The zero-order chi connectivity index (χ0) is 23.3. The standard InChI is InChI=1S/C20H19ClF3N3O4/c1-11(2)17(26-18(28)13-5-8-15(21)16(9-13)27(30)31)19(29)25-10-12-3-6-14(7-4-12)20(22,23)24/h3-9,11,17H,10H2,1-2H3,(H,25,29)(H,26,28). The average molecular weight is 458 g/mol. The number of halogens is 4. The van der Waals surface area contributed by atoms with Gasteiger partial charge in [-0.2, -0.15) is 13.2 Å². The third kappa shape index (κ3) is 6.42. The van der Waals surface area contributed by atoms with Gasteiger partial charge in [0.2, 0.25) is 5.91 Å². The number of nitrogens with one attached hydrogen (secondary N) is 2. The molecule has 0 aromatic heterocycles. The maximum atomic E-state index is 12.6. The van der Waals surface area contributed by atoms with Gasteiger partial charge in [0.25, 0.3) is 11.6 Å². The number of nitro benzene ring substituents is 1. The van der Waals surface area contributed by atoms with E-state index in [2.05, 4.69) is 10.6 Å². The number of benzene rings is 2. The Labute approximate surface area is 180 Å². The molecule has 0 heterocycles. The van der Waals surface area contributed by atoms with Crippen molar-refractivity contribution in [2.45, 2.75) is 32.6 Å². The molecule has 0 saturated heterocycles. The monoisotopic (exact) mass is 457 g/mol. The first-order chi connectivity index (χ1) is 14.4. The van der Waals surface area contributed by atoms with Gasteiger partial charge in [-0.25, -0.2) is 0 Å². The average Bonchev–Trinajstić information content (AvgIpc) is 2.69. The smallest absolute Gasteiger partial charge is 0.350 e. The summed E-state index contributed by atoms with van der Waals surface area (Å²) in [5, 5.41) is 16.0. The Hall–Kier alpha value is -3.14. The molecule has 0 bridgehead atoms. The van der Waals surface area contributed by atoms with E-state index < -0.39 is 40.2 Å². The lowest BCUT2D eigenvalue weighted by atomic mass is 10.0. The van der Waals surface area contributed by atoms with Crippen molar-refractivity contribution < 1.29 is 27.7 Å². The van der Waals surface area contributed by atoms with Crippen LogP contribution in [0.15, 0.2) is 42.5 Å². The highest BCUT2D eigenvalue weighted by Gasteiger charge is 2.30. The minimum Gasteiger partial charge on any atom is -0.350 e. The number of nitrogens with zero attached hydrogens (tertiary/aromatic N) is 1. The number of nitro groups is 1. The van der Waals surface area contributed by atoms with Crippen LogP contribution in [0.1, 0.15) is 35.3 Å². The molecule has 31 heavy (non-hydrogen) atoms. The van der Waals surface area contributed by atoms with Crippen molar-refractivity contribution >= 4 is 29.1 Å². The van der Waals surface area contributed by atoms with Crippen molar-refractivity contribution in [1.82, 2.24) is 10.6 Å². The fourth-order valence-electron chi connectivity index (χ4n) is 2.66. The quantitative estimate of drug-likeness (QED) is 0.477. The van der Waals surface area contributed by atoms with Gasteiger partial charge in [-0.15, -0.1) is 0 Å². The molecule has 0 aliphatic carbocycles. The Morgan fingerprint density at radius 1 is 1.13 bits per heavy atom. The minimum absolute atomic E-state index is 0.0392. The van der Waals surface area contributed by atoms with Crippen LogP contribution in [0.3, 0.4) is 0 Å². The summed E-state index contributed by atoms with van der Waals surface area (Å²) in [7, 11) is 0. The van der Waals surface area contributed by atoms with Gasteiger partial charge in [0.1, 0.15) is 11.1 Å². The molecule has 1 atom stereocenters. The van der Waals surface area contributed by atoms with Crippen molar-refractivity contribution in [3.05, 3.63) is 74.3 Å². The number of hydrogen-bond donors (Lipinski definition) is 2. The molecular weight excluding hydrogens is 439 g/mol. The second-order valence-electron chi connectivity index (χ2n) is 7.03. The first-order valence-electron chi connectivity index (χ1n) is 9.08. The van der Waals surface area contributed by atoms with E-state index in [9.17, 15) is 32.9 Å². The summed E-state index contributed by atoms with van der Waals surface area (Å²) >= 11 is 5.74. The molecule has 7 nitrogen and oxygen atoms in total. The van der Waals surface area contributed by atoms with Crippen LogP contribution in [0.2, 0.25) is 5.02 Å². The molecule has 166 valence electrons. The summed E-state index contributed by atoms with van der Waals surface area (Å²) in [6, 6.07) is 6.86. The van der Waals surface area contributed by atoms with Crippen molar-refractivity contribution in [1.29, 1.82) is 0 Å². The molecule has 0 aliphatic heterocycles. The molecule has 2 aromatic rings. The van der Waals surface area contributed by atoms with Crippen LogP contribution in [0, 0.1) is 16.0 Å². The Balaban J connectivity index is 2.06. The molecular formula is C20H19ClF3N3O4. The second-order valence-corrected chi connectivity index (χ2v) is 7.44. The Kier molecular flexibility index (Phi) is 7.61. The number of hydrogen-bond acceptors (Lipinski definition) is 4. The highest BCUT2D eigenvalue weighted by molar-refractivity contribution is 6.32. The molecule has 2 amide bonds. The molecule has 0 saturated carbocycles. The van der Waals surface area contributed by atoms with Gasteiger partial charge in [-0.1, -0.05) is 37.6 Å². The van der Waals surface area contributed by atoms with E-state index in [0.717, 1.165) is 18.2 Å². The third-order valence-corrected chi connectivity index (χ3v) is 4.71. The van der Waals surface area contributed by atoms with Crippen molar-refractivity contribution in [2.75, 3.05) is 0 Å². The maximum absolute atomic E-state index is 12.6. The summed E-state index contributed by atoms with van der Waals surface area (Å²) in [6.45, 7) is 3.34. The first kappa shape index (κ1) is 24.1. The van der Waals surface area contributed by atoms with Crippen LogP contribution >= 0.6 is 11.6 Å². The zero-order valence-corrected chi connectivity index (χ0v) is 17.3. The number of amides is 2. The Morgan fingerprint density at radius 2 is 1.74 bits per heavy atom. The van der Waals surface area contributed by atoms with Crippen LogP contribution in [0.25, 0.3) is 0 Å². The zero-order valence-electron chi connectivity index (χ0n) is 16.5. The SMILES string of the molecule is CC(C)C(NC(=O)c1ccc(Cl)c([N+](=O)[O-])c1)C(=O)NCc1ccc(C(F)(F)F)cc1. The van der Waals surface area contributed by atoms with Crippen molar-refractivity contribution in [2.24, 2.45) is 5.92 Å². The fraction of sp³-hybridized carbons (Fsp3) is 0.300. The van der Waals surface area contributed by atoms with Crippen molar-refractivity contribution in [3.63, 3.8) is 0 Å². The van der Waals surface area contributed by atoms with Gasteiger partial charge in [0.05, 0.1) is 10.5 Å². The predicted octanol–water partition coefficient (Wildman–Crippen LogP) is 4.34. The topological polar surface area (TPSA) is 101 Å². The van der Waals surface area contributed by atoms with Crippen LogP contribution < -0.4 is 10.6 Å². The summed E-state index contributed by atoms with van der Waals surface area (Å²) < 4.78 is 37.9. The van der Waals surface area contributed by atoms with E-state index in [1.807, 2.05) is 0 Å². The Morgan fingerprint density at radius 3 is 2.26 bits per heavy atom. The van der Waals surface area contributed by atoms with Gasteiger partial charge < -0.3 is 10.6 Å². The van der Waals surface area contributed by atoms with E-state index >= 15 is 0 Å². The molecule has 0 spiro atoms. The lowest BCUT2D eigenvalue weighted by molar-refractivity contribution is -0.384. The molecule has 0 fully saturated rings. The minimum atomic E-state index is -4.45. The van der Waals surface area contributed by atoms with Gasteiger partial charge in [0, 0.05) is 18.2 Å². The molecule has 0 aliphatic rings. The second kappa shape index (κ2) is 9.78. The van der Waals surface area contributed by atoms with E-state index in [0.29, 0.717) is 5.56 Å². The molecule has 11 heteroatoms. The van der Waals surface area contributed by atoms with E-state index in [-0.39, 0.29) is 23.0 Å². The third-order valence-electron chi connectivity index (χ3n) is 4.39. The van der Waals surface area contributed by atoms with Crippen molar-refractivity contribution in [3.8, 4) is 0 Å². The number of carbonyl (C=O) groups is 2. The summed E-state index contributed by atoms with van der Waals surface area (Å²) in [5.74, 6) is -1.59. The van der Waals surface area contributed by atoms with E-state index in [4.69, 9.17) is 11.6 Å². The van der Waals surface area contributed by atoms with Crippen LogP contribution in [-0.4, -0.2) is 22.8 Å². The van der Waals surface area contributed by atoms with Crippen LogP contribution in [-0.2, 0) is 17.5 Å². The maximum Gasteiger partial charge on any atom is 0.416 e. The lowest BCUT2D eigenvalue weighted by Crippen LogP contribution is -2.49. The molecule has 2 aromatic carbocycles. The molecule has 2 N–H and O–H groups in total. The largest absolute Gasteiger partial charge is 0.416 e. The summed E-state index contributed by atoms with van der Waals surface area (Å²) in [5.41, 5.74) is -0.838. The summed E-state index contributed by atoms with van der Waals surface area (Å²) in [4.78, 5) is 35.3. The molecule has 2 rings (SSSR count). The normalized spacial score (nSPS) is 12.4. The lowest BCUT2D eigenvalue weighted by Gasteiger charge is -2.22. The first-order valence-corrected chi connectivity index (χ1v) is 9.46. The van der Waals surface area contributed by atoms with E-state index in [1.165, 1.54) is 24.3 Å². The van der Waals surface area contributed by atoms with Crippen LogP contribution in [0.4, 0.5) is 18.9 Å². The summed E-state index contributed by atoms with van der Waals surface area (Å²) in [6.07, 6.45) is -4.45.